The lowest BCUT2D eigenvalue weighted by atomic mass is 9.86. The summed E-state index contributed by atoms with van der Waals surface area (Å²) in [5, 5.41) is 1.25. The summed E-state index contributed by atoms with van der Waals surface area (Å²) in [4.78, 5) is 11.8. The summed E-state index contributed by atoms with van der Waals surface area (Å²) < 4.78 is 5.24. The number of amides is 1. The highest BCUT2D eigenvalue weighted by Crippen LogP contribution is 2.26. The van der Waals surface area contributed by atoms with Gasteiger partial charge in [0.2, 0.25) is 0 Å². The van der Waals surface area contributed by atoms with E-state index in [9.17, 15) is 4.79 Å². The van der Waals surface area contributed by atoms with Crippen LogP contribution in [-0.2, 0) is 4.74 Å². The van der Waals surface area contributed by atoms with E-state index in [1.54, 1.807) is 0 Å². The number of hydrogen-bond donors (Lipinski definition) is 2. The van der Waals surface area contributed by atoms with Gasteiger partial charge in [-0.1, -0.05) is 0 Å². The average Bonchev–Trinajstić information content (AvgIpc) is 2.26. The van der Waals surface area contributed by atoms with E-state index in [0.717, 1.165) is 32.2 Å². The molecule has 0 radical (unpaired) electrons. The molecule has 17 heavy (non-hydrogen) atoms. The summed E-state index contributed by atoms with van der Waals surface area (Å²) in [5.41, 5.74) is 5.13. The van der Waals surface area contributed by atoms with Gasteiger partial charge in [-0.15, -0.1) is 0 Å². The second-order valence-electron chi connectivity index (χ2n) is 5.80. The van der Waals surface area contributed by atoms with E-state index in [-0.39, 0.29) is 6.04 Å². The summed E-state index contributed by atoms with van der Waals surface area (Å²) >= 11 is 0. The van der Waals surface area contributed by atoms with E-state index < -0.39 is 11.7 Å². The van der Waals surface area contributed by atoms with Crippen molar-refractivity contribution in [1.29, 1.82) is 0 Å². The van der Waals surface area contributed by atoms with E-state index in [2.05, 4.69) is 0 Å². The predicted octanol–water partition coefficient (Wildman–Crippen LogP) is 1.61. The van der Waals surface area contributed by atoms with Crippen molar-refractivity contribution < 1.29 is 9.53 Å². The van der Waals surface area contributed by atoms with Gasteiger partial charge >= 0.3 is 6.09 Å². The largest absolute Gasteiger partial charge is 0.443 e. The maximum Gasteiger partial charge on any atom is 0.424 e. The molecular weight excluding hydrogens is 218 g/mol. The van der Waals surface area contributed by atoms with Crippen molar-refractivity contribution >= 4 is 6.09 Å². The Labute approximate surface area is 103 Å². The van der Waals surface area contributed by atoms with Crippen molar-refractivity contribution in [3.63, 3.8) is 0 Å². The minimum Gasteiger partial charge on any atom is -0.443 e. The predicted molar refractivity (Wildman–Crippen MR) is 67.1 cm³/mol. The molecule has 0 unspecified atom stereocenters. The van der Waals surface area contributed by atoms with Crippen LogP contribution in [0, 0.1) is 5.92 Å². The van der Waals surface area contributed by atoms with Gasteiger partial charge in [0, 0.05) is 0 Å². The normalized spacial score (nSPS) is 25.5. The van der Waals surface area contributed by atoms with Gasteiger partial charge < -0.3 is 10.5 Å². The molecular formula is C12H25N3O2. The van der Waals surface area contributed by atoms with Crippen LogP contribution in [0.4, 0.5) is 4.79 Å². The number of hydrogen-bond acceptors (Lipinski definition) is 4. The lowest BCUT2D eigenvalue weighted by Crippen LogP contribution is -2.49. The maximum absolute atomic E-state index is 11.8. The third-order valence-electron chi connectivity index (χ3n) is 3.15. The van der Waals surface area contributed by atoms with Crippen molar-refractivity contribution in [2.75, 3.05) is 6.54 Å². The highest BCUT2D eigenvalue weighted by molar-refractivity contribution is 5.67. The Morgan fingerprint density at radius 3 is 2.24 bits per heavy atom. The first-order valence-corrected chi connectivity index (χ1v) is 6.30. The van der Waals surface area contributed by atoms with E-state index in [0.29, 0.717) is 5.92 Å². The lowest BCUT2D eigenvalue weighted by molar-refractivity contribution is 0.0102. The van der Waals surface area contributed by atoms with Crippen LogP contribution >= 0.6 is 0 Å². The Kier molecular flexibility index (Phi) is 4.77. The smallest absolute Gasteiger partial charge is 0.424 e. The summed E-state index contributed by atoms with van der Waals surface area (Å²) in [6, 6.07) is 0.0904. The second-order valence-corrected chi connectivity index (χ2v) is 5.80. The number of nitrogens with two attached hydrogens (primary N) is 2. The molecule has 1 amide bonds. The Morgan fingerprint density at radius 1 is 1.29 bits per heavy atom. The molecule has 0 spiro atoms. The first kappa shape index (κ1) is 14.3. The minimum atomic E-state index is -0.497. The van der Waals surface area contributed by atoms with Crippen LogP contribution in [0.25, 0.3) is 0 Å². The van der Waals surface area contributed by atoms with Gasteiger partial charge in [0.15, 0.2) is 0 Å². The number of carbonyl (C=O) groups is 1. The molecule has 5 heteroatoms. The fourth-order valence-corrected chi connectivity index (χ4v) is 2.12. The molecule has 0 atom stereocenters. The van der Waals surface area contributed by atoms with Crippen molar-refractivity contribution in [2.24, 2.45) is 17.5 Å². The summed E-state index contributed by atoms with van der Waals surface area (Å²) in [7, 11) is 0. The van der Waals surface area contributed by atoms with Gasteiger partial charge in [-0.2, -0.15) is 0 Å². The first-order valence-electron chi connectivity index (χ1n) is 6.30. The Balaban J connectivity index is 2.43. The number of hydrazine groups is 1. The zero-order valence-corrected chi connectivity index (χ0v) is 11.1. The second kappa shape index (κ2) is 5.69. The summed E-state index contributed by atoms with van der Waals surface area (Å²) in [5.74, 6) is 6.40. The molecule has 0 heterocycles. The molecule has 5 nitrogen and oxygen atoms in total. The molecule has 1 aliphatic carbocycles. The molecule has 100 valence electrons. The fourth-order valence-electron chi connectivity index (χ4n) is 2.12. The Morgan fingerprint density at radius 2 is 1.82 bits per heavy atom. The molecule has 0 bridgehead atoms. The van der Waals surface area contributed by atoms with Crippen LogP contribution in [0.1, 0.15) is 46.5 Å². The zero-order valence-electron chi connectivity index (χ0n) is 11.1. The molecule has 0 aliphatic heterocycles. The van der Waals surface area contributed by atoms with Crippen LogP contribution < -0.4 is 11.6 Å². The van der Waals surface area contributed by atoms with Gasteiger partial charge in [-0.25, -0.2) is 15.6 Å². The molecule has 1 fully saturated rings. The fraction of sp³-hybridized carbons (Fsp3) is 0.917. The Bertz CT molecular complexity index is 255. The van der Waals surface area contributed by atoms with Crippen molar-refractivity contribution in [1.82, 2.24) is 5.01 Å². The summed E-state index contributed by atoms with van der Waals surface area (Å²) in [6.07, 6.45) is 3.47. The van der Waals surface area contributed by atoms with Gasteiger partial charge in [0.1, 0.15) is 5.60 Å². The van der Waals surface area contributed by atoms with Crippen LogP contribution in [0.2, 0.25) is 0 Å². The molecule has 0 aromatic rings. The standard InChI is InChI=1S/C12H25N3O2/c1-12(2,3)17-11(16)15(14)10-6-4-9(8-13)5-7-10/h9-10H,4-8,13-14H2,1-3H3. The van der Waals surface area contributed by atoms with Crippen LogP contribution in [0.3, 0.4) is 0 Å². The third-order valence-corrected chi connectivity index (χ3v) is 3.15. The number of ether oxygens (including phenoxy) is 1. The SMILES string of the molecule is CC(C)(C)OC(=O)N(N)C1CCC(CN)CC1. The first-order chi connectivity index (χ1) is 7.83. The zero-order chi connectivity index (χ0) is 13.1. The van der Waals surface area contributed by atoms with Gasteiger partial charge in [0.25, 0.3) is 0 Å². The molecule has 1 saturated carbocycles. The van der Waals surface area contributed by atoms with Gasteiger partial charge in [-0.3, -0.25) is 0 Å². The molecule has 4 N–H and O–H groups in total. The van der Waals surface area contributed by atoms with E-state index in [1.165, 1.54) is 5.01 Å². The topological polar surface area (TPSA) is 81.6 Å². The molecule has 0 aromatic heterocycles. The monoisotopic (exact) mass is 243 g/mol. The molecule has 0 saturated heterocycles. The van der Waals surface area contributed by atoms with Gasteiger partial charge in [0.05, 0.1) is 6.04 Å². The number of rotatable bonds is 2. The molecule has 0 aromatic carbocycles. The highest BCUT2D eigenvalue weighted by atomic mass is 16.6. The van der Waals surface area contributed by atoms with E-state index >= 15 is 0 Å². The number of carbonyl (C=O) groups excluding carboxylic acids is 1. The Hall–Kier alpha value is -0.810. The average molecular weight is 243 g/mol. The van der Waals surface area contributed by atoms with Gasteiger partial charge in [-0.05, 0) is 58.9 Å². The number of nitrogens with zero attached hydrogens (tertiary/aromatic N) is 1. The summed E-state index contributed by atoms with van der Waals surface area (Å²) in [6.45, 7) is 6.24. The van der Waals surface area contributed by atoms with E-state index in [1.807, 2.05) is 20.8 Å². The van der Waals surface area contributed by atoms with Crippen LogP contribution in [0.5, 0.6) is 0 Å². The quantitative estimate of drug-likeness (QED) is 0.438. The van der Waals surface area contributed by atoms with Crippen molar-refractivity contribution in [3.8, 4) is 0 Å². The third kappa shape index (κ3) is 4.52. The van der Waals surface area contributed by atoms with Crippen LogP contribution in [-0.4, -0.2) is 29.3 Å². The molecule has 1 rings (SSSR count). The highest BCUT2D eigenvalue weighted by Gasteiger charge is 2.29. The van der Waals surface area contributed by atoms with Crippen molar-refractivity contribution in [2.45, 2.75) is 58.1 Å². The van der Waals surface area contributed by atoms with Crippen molar-refractivity contribution in [3.05, 3.63) is 0 Å². The maximum atomic E-state index is 11.8. The van der Waals surface area contributed by atoms with E-state index in [4.69, 9.17) is 16.3 Å². The molecule has 1 aliphatic rings. The minimum absolute atomic E-state index is 0.0904. The lowest BCUT2D eigenvalue weighted by Gasteiger charge is -2.34. The van der Waals surface area contributed by atoms with Crippen LogP contribution in [0.15, 0.2) is 0 Å².